The molecule has 2 N–H and O–H groups in total. The molecule has 37 heavy (non-hydrogen) atoms. The van der Waals surface area contributed by atoms with E-state index < -0.39 is 31.7 Å². The Morgan fingerprint density at radius 1 is 1.27 bits per heavy atom. The van der Waals surface area contributed by atoms with Crippen molar-refractivity contribution < 1.29 is 33.6 Å². The van der Waals surface area contributed by atoms with E-state index in [0.29, 0.717) is 54.4 Å². The summed E-state index contributed by atoms with van der Waals surface area (Å²) in [7, 11) is 3.38. The van der Waals surface area contributed by atoms with E-state index in [-0.39, 0.29) is 14.7 Å². The second-order valence-corrected chi connectivity index (χ2v) is 14.5. The van der Waals surface area contributed by atoms with E-state index >= 15 is 0 Å². The zero-order valence-electron chi connectivity index (χ0n) is 20.3. The Kier molecular flexibility index (Phi) is 7.32. The minimum atomic E-state index is -1.54. The fraction of sp³-hybridized carbons (Fsp3) is 0.346. The number of halogens is 2. The molecular weight excluding hydrogens is 615 g/mol. The van der Waals surface area contributed by atoms with Crippen LogP contribution in [0.5, 0.6) is 17.2 Å². The summed E-state index contributed by atoms with van der Waals surface area (Å²) < 4.78 is 24.4. The fourth-order valence-electron chi connectivity index (χ4n) is 4.33. The van der Waals surface area contributed by atoms with E-state index in [1.165, 1.54) is 0 Å². The van der Waals surface area contributed by atoms with Gasteiger partial charge >= 0.3 is 153 Å². The number of hydrogen-bond donors (Lipinski definition) is 2. The molecule has 0 bridgehead atoms. The van der Waals surface area contributed by atoms with Gasteiger partial charge in [0.15, 0.2) is 0 Å². The van der Waals surface area contributed by atoms with Crippen LogP contribution in [0.15, 0.2) is 50.7 Å². The molecule has 2 aromatic carbocycles. The summed E-state index contributed by atoms with van der Waals surface area (Å²) in [6, 6.07) is 9.87. The molecule has 0 saturated carbocycles. The molecule has 0 spiro atoms. The molecule has 1 amide bonds. The number of carboxylic acid groups (broad SMARTS) is 1. The number of carbonyl (C=O) groups is 2. The van der Waals surface area contributed by atoms with Gasteiger partial charge in [0, 0.05) is 11.6 Å². The Bertz CT molecular complexity index is 1300. The molecule has 0 aromatic heterocycles. The number of aliphatic imine (C=N–C) groups is 1. The molecule has 5 rings (SSSR count). The average molecular weight is 641 g/mol. The number of amides is 1. The fourth-order valence-corrected chi connectivity index (χ4v) is 10.7. The normalized spacial score (nSPS) is 22.5. The van der Waals surface area contributed by atoms with Crippen LogP contribution in [0.3, 0.4) is 0 Å². The molecule has 2 atom stereocenters. The number of methoxy groups -OCH3 is 2. The van der Waals surface area contributed by atoms with E-state index in [1.54, 1.807) is 50.6 Å². The molecule has 11 heteroatoms. The predicted octanol–water partition coefficient (Wildman–Crippen LogP) is 4.97. The number of fused-ring (bicyclic) bond motifs is 2. The summed E-state index contributed by atoms with van der Waals surface area (Å²) >= 11 is 4.83. The second-order valence-electron chi connectivity index (χ2n) is 8.63. The van der Waals surface area contributed by atoms with Crippen molar-refractivity contribution >= 4 is 49.5 Å². The number of aliphatic carboxylic acids is 1. The molecule has 0 radical (unpaired) electrons. The zero-order chi connectivity index (χ0) is 26.2. The van der Waals surface area contributed by atoms with Crippen LogP contribution in [0, 0.1) is 0 Å². The van der Waals surface area contributed by atoms with Gasteiger partial charge in [-0.1, -0.05) is 11.6 Å². The molecule has 0 aliphatic carbocycles. The first kappa shape index (κ1) is 25.8. The number of carbonyl (C=O) groups excluding carboxylic acids is 1. The van der Waals surface area contributed by atoms with Gasteiger partial charge in [0.1, 0.15) is 5.75 Å². The Labute approximate surface area is 226 Å². The molecular formula is C26H26ClIN2O7. The minimum absolute atomic E-state index is 0.199. The average Bonchev–Trinajstić information content (AvgIpc) is 3.64. The van der Waals surface area contributed by atoms with Gasteiger partial charge in [-0.25, -0.2) is 0 Å². The molecule has 1 fully saturated rings. The third-order valence-corrected chi connectivity index (χ3v) is 13.0. The first-order chi connectivity index (χ1) is 17.8. The Morgan fingerprint density at radius 2 is 2.05 bits per heavy atom. The third kappa shape index (κ3) is 5.14. The number of hydrogen-bond acceptors (Lipinski definition) is 7. The Morgan fingerprint density at radius 3 is 2.76 bits per heavy atom. The molecule has 3 aliphatic rings. The van der Waals surface area contributed by atoms with Crippen LogP contribution in [0.25, 0.3) is 0 Å². The number of ether oxygens (including phenoxy) is 4. The molecule has 2 unspecified atom stereocenters. The summed E-state index contributed by atoms with van der Waals surface area (Å²) in [4.78, 5) is 28.8. The van der Waals surface area contributed by atoms with E-state index in [1.807, 2.05) is 6.21 Å². The van der Waals surface area contributed by atoms with E-state index in [2.05, 4.69) is 10.3 Å². The van der Waals surface area contributed by atoms with Crippen LogP contribution >= 0.6 is 31.4 Å². The van der Waals surface area contributed by atoms with Gasteiger partial charge in [0.2, 0.25) is 0 Å². The van der Waals surface area contributed by atoms with Gasteiger partial charge < -0.3 is 9.84 Å². The van der Waals surface area contributed by atoms with Crippen molar-refractivity contribution in [2.75, 3.05) is 31.8 Å². The second kappa shape index (κ2) is 10.5. The van der Waals surface area contributed by atoms with E-state index in [4.69, 9.17) is 30.5 Å². The SMILES string of the molecule is COC1=C(CCNC(=O)c2ccc(Oc3cc4c(cc3Cl)C(C(=O)O)CCO4)cc2)C=NC2(OC)CI12. The number of benzene rings is 2. The number of carboxylic acids is 1. The van der Waals surface area contributed by atoms with Gasteiger partial charge in [0.25, 0.3) is 0 Å². The van der Waals surface area contributed by atoms with Crippen LogP contribution in [-0.2, 0) is 14.3 Å². The summed E-state index contributed by atoms with van der Waals surface area (Å²) in [5.74, 6) is -0.502. The van der Waals surface area contributed by atoms with Gasteiger partial charge in [-0.3, -0.25) is 4.79 Å². The van der Waals surface area contributed by atoms with E-state index in [9.17, 15) is 14.7 Å². The molecule has 3 heterocycles. The summed E-state index contributed by atoms with van der Waals surface area (Å²) in [6.45, 7) is 0.764. The summed E-state index contributed by atoms with van der Waals surface area (Å²) in [6.07, 6.45) is 2.84. The molecule has 9 nitrogen and oxygen atoms in total. The van der Waals surface area contributed by atoms with Gasteiger partial charge in [-0.15, -0.1) is 0 Å². The van der Waals surface area contributed by atoms with Crippen molar-refractivity contribution in [2.24, 2.45) is 4.99 Å². The maximum absolute atomic E-state index is 12.6. The maximum atomic E-state index is 12.6. The Balaban J connectivity index is 1.19. The van der Waals surface area contributed by atoms with Crippen molar-refractivity contribution in [3.05, 3.63) is 61.9 Å². The third-order valence-electron chi connectivity index (χ3n) is 6.37. The first-order valence-corrected chi connectivity index (χ1v) is 15.7. The van der Waals surface area contributed by atoms with E-state index in [0.717, 1.165) is 13.8 Å². The van der Waals surface area contributed by atoms with Crippen molar-refractivity contribution in [2.45, 2.75) is 22.5 Å². The monoisotopic (exact) mass is 640 g/mol. The summed E-state index contributed by atoms with van der Waals surface area (Å²) in [5, 5.41) is 12.7. The van der Waals surface area contributed by atoms with Gasteiger partial charge in [0.05, 0.1) is 17.5 Å². The number of nitrogens with zero attached hydrogens (tertiary/aromatic N) is 1. The molecule has 196 valence electrons. The Hall–Kier alpha value is -2.83. The van der Waals surface area contributed by atoms with Crippen LogP contribution in [0.1, 0.15) is 34.7 Å². The molecule has 1 saturated heterocycles. The number of nitrogens with one attached hydrogen (secondary N) is 1. The predicted molar refractivity (Wildman–Crippen MR) is 147 cm³/mol. The summed E-state index contributed by atoms with van der Waals surface area (Å²) in [5.41, 5.74) is 2.06. The van der Waals surface area contributed by atoms with Crippen LogP contribution in [0.4, 0.5) is 0 Å². The molecule has 2 aromatic rings. The first-order valence-electron chi connectivity index (χ1n) is 11.6. The zero-order valence-corrected chi connectivity index (χ0v) is 23.2. The molecule has 3 aliphatic heterocycles. The van der Waals surface area contributed by atoms with Crippen LogP contribution in [0.2, 0.25) is 5.02 Å². The topological polar surface area (TPSA) is 116 Å². The van der Waals surface area contributed by atoms with Crippen molar-refractivity contribution in [1.82, 2.24) is 5.32 Å². The quantitative estimate of drug-likeness (QED) is 0.226. The van der Waals surface area contributed by atoms with Gasteiger partial charge in [-0.05, 0) is 12.5 Å². The number of rotatable bonds is 9. The van der Waals surface area contributed by atoms with Crippen molar-refractivity contribution in [3.63, 3.8) is 0 Å². The number of alkyl halides is 2. The van der Waals surface area contributed by atoms with Crippen molar-refractivity contribution in [3.8, 4) is 17.2 Å². The standard InChI is InChI=1S/C26H26ClIN2O7/c1-34-23-16(13-30-26(35-2)14-28(23)26)7-9-29-24(31)15-3-5-17(6-4-15)37-22-12-21-19(11-20(22)27)18(25(32)33)8-10-36-21/h3-6,11-13,18H,7-10,14H2,1-2H3,(H,29,31)(H,32,33). The van der Waals surface area contributed by atoms with Crippen LogP contribution in [-0.4, -0.2) is 58.7 Å². The van der Waals surface area contributed by atoms with Crippen LogP contribution < -0.4 is 14.8 Å². The van der Waals surface area contributed by atoms with Gasteiger partial charge in [-0.2, -0.15) is 0 Å². The van der Waals surface area contributed by atoms with Crippen molar-refractivity contribution in [1.29, 1.82) is 0 Å².